The molecule has 2 atom stereocenters. The van der Waals surface area contributed by atoms with Gasteiger partial charge in [-0.2, -0.15) is 0 Å². The van der Waals surface area contributed by atoms with Gasteiger partial charge >= 0.3 is 6.09 Å². The summed E-state index contributed by atoms with van der Waals surface area (Å²) in [5.41, 5.74) is 6.41. The highest BCUT2D eigenvalue weighted by Crippen LogP contribution is 2.42. The SMILES string of the molecule is CC(C)(C)[Si](C)(C)OCC[C@@H](C=C(Br)Br)C1=C[C@@H](C#C[Si](C)(C)C)N(C(=O)Oc2ccccc2)c2ccccc21. The monoisotopic (exact) mass is 701 g/mol. The maximum absolute atomic E-state index is 13.7. The van der Waals surface area contributed by atoms with E-state index in [1.54, 1.807) is 17.0 Å². The third-order valence-electron chi connectivity index (χ3n) is 7.25. The van der Waals surface area contributed by atoms with E-state index in [9.17, 15) is 4.79 Å². The topological polar surface area (TPSA) is 38.8 Å². The Balaban J connectivity index is 2.06. The number of rotatable bonds is 7. The highest BCUT2D eigenvalue weighted by Gasteiger charge is 2.38. The lowest BCUT2D eigenvalue weighted by Gasteiger charge is -2.37. The molecule has 0 N–H and O–H groups in total. The Labute approximate surface area is 259 Å². The number of allylic oxidation sites excluding steroid dienone is 2. The fourth-order valence-corrected chi connectivity index (χ4v) is 6.40. The van der Waals surface area contributed by atoms with Gasteiger partial charge in [0.1, 0.15) is 19.9 Å². The van der Waals surface area contributed by atoms with Crippen molar-refractivity contribution in [2.45, 2.75) is 71.0 Å². The van der Waals surface area contributed by atoms with Gasteiger partial charge in [-0.1, -0.05) is 88.8 Å². The van der Waals surface area contributed by atoms with Crippen molar-refractivity contribution in [3.63, 3.8) is 0 Å². The van der Waals surface area contributed by atoms with Gasteiger partial charge in [-0.3, -0.25) is 4.90 Å². The quantitative estimate of drug-likeness (QED) is 0.213. The first kappa shape index (κ1) is 32.6. The number of para-hydroxylation sites is 2. The Hall–Kier alpha value is -1.90. The van der Waals surface area contributed by atoms with Crippen LogP contribution in [0.1, 0.15) is 32.8 Å². The molecule has 1 amide bonds. The number of carbonyl (C=O) groups is 1. The number of fused-ring (bicyclic) bond motifs is 1. The summed E-state index contributed by atoms with van der Waals surface area (Å²) in [5, 5.41) is 0.141. The van der Waals surface area contributed by atoms with Crippen LogP contribution >= 0.6 is 31.9 Å². The Bertz CT molecular complexity index is 1310. The van der Waals surface area contributed by atoms with Crippen molar-refractivity contribution >= 4 is 65.6 Å². The van der Waals surface area contributed by atoms with E-state index in [-0.39, 0.29) is 11.0 Å². The molecule has 2 aromatic rings. The summed E-state index contributed by atoms with van der Waals surface area (Å²) in [6, 6.07) is 16.7. The molecule has 2 aromatic carbocycles. The second-order valence-corrected chi connectivity index (χ2v) is 24.9. The zero-order valence-corrected chi connectivity index (χ0v) is 30.0. The molecular weight excluding hydrogens is 662 g/mol. The minimum Gasteiger partial charge on any atom is -0.417 e. The van der Waals surface area contributed by atoms with Crippen molar-refractivity contribution in [3.8, 4) is 17.2 Å². The van der Waals surface area contributed by atoms with Gasteiger partial charge in [-0.25, -0.2) is 4.79 Å². The summed E-state index contributed by atoms with van der Waals surface area (Å²) < 4.78 is 13.3. The zero-order chi connectivity index (χ0) is 29.7. The minimum absolute atomic E-state index is 0.0446. The Kier molecular flexibility index (Phi) is 10.9. The number of nitrogens with zero attached hydrogens (tertiary/aromatic N) is 1. The molecule has 0 fully saturated rings. The van der Waals surface area contributed by atoms with Crippen LogP contribution in [0.25, 0.3) is 5.57 Å². The van der Waals surface area contributed by atoms with Crippen molar-refractivity contribution in [1.29, 1.82) is 0 Å². The summed E-state index contributed by atoms with van der Waals surface area (Å²) in [4.78, 5) is 15.4. The molecule has 214 valence electrons. The molecule has 0 aliphatic carbocycles. The van der Waals surface area contributed by atoms with Crippen LogP contribution in [0.4, 0.5) is 10.5 Å². The van der Waals surface area contributed by atoms with Crippen LogP contribution in [0, 0.1) is 17.4 Å². The summed E-state index contributed by atoms with van der Waals surface area (Å²) in [7, 11) is -3.61. The maximum Gasteiger partial charge on any atom is 0.421 e. The van der Waals surface area contributed by atoms with Gasteiger partial charge in [-0.15, -0.1) is 5.54 Å². The third kappa shape index (κ3) is 8.80. The van der Waals surface area contributed by atoms with E-state index in [2.05, 4.69) is 115 Å². The predicted molar refractivity (Wildman–Crippen MR) is 181 cm³/mol. The van der Waals surface area contributed by atoms with E-state index in [4.69, 9.17) is 9.16 Å². The van der Waals surface area contributed by atoms with Gasteiger partial charge in [0.25, 0.3) is 0 Å². The van der Waals surface area contributed by atoms with Crippen molar-refractivity contribution in [2.75, 3.05) is 11.5 Å². The van der Waals surface area contributed by atoms with Gasteiger partial charge in [-0.05, 0) is 86.3 Å². The maximum atomic E-state index is 13.7. The van der Waals surface area contributed by atoms with E-state index in [0.29, 0.717) is 12.4 Å². The Morgan fingerprint density at radius 1 is 1.02 bits per heavy atom. The molecular formula is C32H41Br2NO3Si2. The summed E-state index contributed by atoms with van der Waals surface area (Å²) in [5.74, 6) is 4.00. The number of hydrogen-bond donors (Lipinski definition) is 0. The van der Waals surface area contributed by atoms with Gasteiger partial charge in [0.2, 0.25) is 0 Å². The lowest BCUT2D eigenvalue weighted by atomic mass is 9.85. The zero-order valence-electron chi connectivity index (χ0n) is 24.8. The van der Waals surface area contributed by atoms with Crippen molar-refractivity contribution in [3.05, 3.63) is 75.7 Å². The lowest BCUT2D eigenvalue weighted by Crippen LogP contribution is -2.43. The molecule has 0 saturated heterocycles. The molecule has 8 heteroatoms. The number of halogens is 2. The number of carbonyl (C=O) groups excluding carboxylic acids is 1. The summed E-state index contributed by atoms with van der Waals surface area (Å²) in [6.07, 6.45) is 4.66. The lowest BCUT2D eigenvalue weighted by molar-refractivity contribution is 0.207. The number of anilines is 1. The third-order valence-corrected chi connectivity index (χ3v) is 13.2. The largest absolute Gasteiger partial charge is 0.421 e. The minimum atomic E-state index is -1.89. The molecule has 0 spiro atoms. The molecule has 4 nitrogen and oxygen atoms in total. The molecule has 3 rings (SSSR count). The van der Waals surface area contributed by atoms with Gasteiger partial charge in [0.05, 0.1) is 9.08 Å². The van der Waals surface area contributed by atoms with Gasteiger partial charge in [0.15, 0.2) is 8.32 Å². The van der Waals surface area contributed by atoms with Crippen LogP contribution in [-0.2, 0) is 4.43 Å². The average Bonchev–Trinajstić information content (AvgIpc) is 2.85. The standard InChI is InChI=1S/C32H41Br2NO3Si2/c1-32(2,3)40(7,8)37-20-18-24(22-30(33)34)28-23-25(19-21-39(4,5)6)35(29-17-13-12-16-27(28)29)31(36)38-26-14-10-9-11-15-26/h9-17,22-25H,18,20H2,1-8H3/t24-,25+/m0/s1. The van der Waals surface area contributed by atoms with Crippen molar-refractivity contribution in [2.24, 2.45) is 5.92 Å². The molecule has 1 heterocycles. The van der Waals surface area contributed by atoms with Crippen LogP contribution in [0.15, 0.2) is 70.1 Å². The van der Waals surface area contributed by atoms with Crippen LogP contribution in [0.2, 0.25) is 37.8 Å². The molecule has 0 radical (unpaired) electrons. The highest BCUT2D eigenvalue weighted by atomic mass is 79.9. The van der Waals surface area contributed by atoms with Crippen LogP contribution in [-0.4, -0.2) is 35.1 Å². The first-order chi connectivity index (χ1) is 18.6. The predicted octanol–water partition coefficient (Wildman–Crippen LogP) is 10.00. The van der Waals surface area contributed by atoms with Crippen molar-refractivity contribution < 1.29 is 14.0 Å². The summed E-state index contributed by atoms with van der Waals surface area (Å²) >= 11 is 7.20. The number of hydrogen-bond acceptors (Lipinski definition) is 3. The smallest absolute Gasteiger partial charge is 0.417 e. The highest BCUT2D eigenvalue weighted by molar-refractivity contribution is 9.28. The van der Waals surface area contributed by atoms with Crippen LogP contribution in [0.3, 0.4) is 0 Å². The van der Waals surface area contributed by atoms with Crippen LogP contribution < -0.4 is 9.64 Å². The van der Waals surface area contributed by atoms with E-state index in [0.717, 1.165) is 26.6 Å². The Morgan fingerprint density at radius 2 is 1.65 bits per heavy atom. The normalized spacial score (nSPS) is 16.2. The molecule has 0 saturated carbocycles. The number of ether oxygens (including phenoxy) is 1. The van der Waals surface area contributed by atoms with E-state index >= 15 is 0 Å². The summed E-state index contributed by atoms with van der Waals surface area (Å²) in [6.45, 7) is 18.6. The van der Waals surface area contributed by atoms with Crippen molar-refractivity contribution in [1.82, 2.24) is 0 Å². The molecule has 1 aliphatic rings. The fourth-order valence-electron chi connectivity index (χ4n) is 4.12. The van der Waals surface area contributed by atoms with E-state index in [1.807, 2.05) is 36.4 Å². The molecule has 0 aromatic heterocycles. The average molecular weight is 704 g/mol. The first-order valence-corrected chi connectivity index (χ1v) is 21.7. The van der Waals surface area contributed by atoms with Gasteiger partial charge in [0, 0.05) is 18.1 Å². The first-order valence-electron chi connectivity index (χ1n) is 13.7. The number of amides is 1. The molecule has 0 bridgehead atoms. The molecule has 1 aliphatic heterocycles. The number of benzene rings is 2. The fraction of sp³-hybridized carbons (Fsp3) is 0.406. The van der Waals surface area contributed by atoms with Crippen LogP contribution in [0.5, 0.6) is 5.75 Å². The molecule has 40 heavy (non-hydrogen) atoms. The second-order valence-electron chi connectivity index (χ2n) is 12.6. The van der Waals surface area contributed by atoms with E-state index in [1.165, 1.54) is 0 Å². The van der Waals surface area contributed by atoms with E-state index < -0.39 is 28.5 Å². The van der Waals surface area contributed by atoms with Gasteiger partial charge < -0.3 is 9.16 Å². The molecule has 0 unspecified atom stereocenters. The second kappa shape index (κ2) is 13.4. The Morgan fingerprint density at radius 3 is 2.25 bits per heavy atom.